The van der Waals surface area contributed by atoms with Crippen molar-refractivity contribution in [1.82, 2.24) is 9.80 Å². The van der Waals surface area contributed by atoms with E-state index in [4.69, 9.17) is 0 Å². The number of rotatable bonds is 3. The van der Waals surface area contributed by atoms with Gasteiger partial charge in [-0.2, -0.15) is 5.11 Å². The molecule has 1 amide bonds. The lowest BCUT2D eigenvalue weighted by atomic mass is 9.77. The van der Waals surface area contributed by atoms with Gasteiger partial charge in [-0.1, -0.05) is 18.6 Å². The van der Waals surface area contributed by atoms with Gasteiger partial charge in [0.2, 0.25) is 0 Å². The lowest BCUT2D eigenvalue weighted by Crippen LogP contribution is -2.37. The van der Waals surface area contributed by atoms with Crippen LogP contribution < -0.4 is 0 Å². The Hall–Kier alpha value is -1.75. The molecule has 132 valence electrons. The molecule has 0 aromatic heterocycles. The summed E-state index contributed by atoms with van der Waals surface area (Å²) in [6.07, 6.45) is 13.7. The number of hydrogen-bond acceptors (Lipinski definition) is 4. The minimum Gasteiger partial charge on any atom is -0.347 e. The Morgan fingerprint density at radius 3 is 2.88 bits per heavy atom. The molecule has 25 heavy (non-hydrogen) atoms. The van der Waals surface area contributed by atoms with E-state index in [1.807, 2.05) is 6.08 Å². The fraction of sp³-hybridized carbons (Fsp3) is 0.650. The van der Waals surface area contributed by atoms with E-state index in [-0.39, 0.29) is 23.8 Å². The molecule has 1 saturated heterocycles. The van der Waals surface area contributed by atoms with Gasteiger partial charge in [0, 0.05) is 30.4 Å². The fourth-order valence-electron chi connectivity index (χ4n) is 5.30. The molecule has 0 radical (unpaired) electrons. The van der Waals surface area contributed by atoms with Gasteiger partial charge in [0.15, 0.2) is 0 Å². The van der Waals surface area contributed by atoms with E-state index in [1.165, 1.54) is 49.3 Å². The third-order valence-corrected chi connectivity index (χ3v) is 6.49. The topological polar surface area (TPSA) is 48.3 Å². The van der Waals surface area contributed by atoms with Gasteiger partial charge >= 0.3 is 0 Å². The predicted molar refractivity (Wildman–Crippen MR) is 95.7 cm³/mol. The highest BCUT2D eigenvalue weighted by molar-refractivity contribution is 5.83. The molecule has 0 spiro atoms. The highest BCUT2D eigenvalue weighted by atomic mass is 16.2. The van der Waals surface area contributed by atoms with Crippen molar-refractivity contribution in [3.8, 4) is 0 Å². The van der Waals surface area contributed by atoms with E-state index in [9.17, 15) is 4.79 Å². The van der Waals surface area contributed by atoms with Crippen molar-refractivity contribution < 1.29 is 4.79 Å². The van der Waals surface area contributed by atoms with E-state index in [0.717, 1.165) is 32.4 Å². The van der Waals surface area contributed by atoms with Gasteiger partial charge in [-0.15, -0.1) is 5.11 Å². The fourth-order valence-corrected chi connectivity index (χ4v) is 5.30. The van der Waals surface area contributed by atoms with Crippen molar-refractivity contribution in [1.29, 1.82) is 0 Å². The summed E-state index contributed by atoms with van der Waals surface area (Å²) in [5, 5.41) is 8.47. The van der Waals surface area contributed by atoms with Crippen molar-refractivity contribution in [2.75, 3.05) is 26.2 Å². The molecular weight excluding hydrogens is 312 g/mol. The molecule has 2 aliphatic carbocycles. The third kappa shape index (κ3) is 2.51. The Bertz CT molecular complexity index is 698. The average Bonchev–Trinajstić information content (AvgIpc) is 2.91. The normalized spacial score (nSPS) is 34.2. The minimum absolute atomic E-state index is 0.0639. The van der Waals surface area contributed by atoms with Gasteiger partial charge < -0.3 is 9.80 Å². The number of hydrogen-bond donors (Lipinski definition) is 0. The molecule has 3 aliphatic heterocycles. The third-order valence-electron chi connectivity index (χ3n) is 6.49. The molecule has 3 atom stereocenters. The van der Waals surface area contributed by atoms with Crippen molar-refractivity contribution in [2.45, 2.75) is 44.6 Å². The first-order valence-corrected chi connectivity index (χ1v) is 9.89. The van der Waals surface area contributed by atoms with Crippen LogP contribution in [0, 0.1) is 11.8 Å². The highest BCUT2D eigenvalue weighted by Crippen LogP contribution is 2.51. The second-order valence-electron chi connectivity index (χ2n) is 7.90. The molecule has 5 nitrogen and oxygen atoms in total. The summed E-state index contributed by atoms with van der Waals surface area (Å²) in [6.45, 7) is 4.63. The Balaban J connectivity index is 1.46. The van der Waals surface area contributed by atoms with Gasteiger partial charge in [0.1, 0.15) is 0 Å². The smallest absolute Gasteiger partial charge is 0.272 e. The van der Waals surface area contributed by atoms with Crippen LogP contribution in [0.1, 0.15) is 38.5 Å². The number of amides is 1. The summed E-state index contributed by atoms with van der Waals surface area (Å²) in [6, 6.07) is 0.123. The minimum atomic E-state index is -0.142. The van der Waals surface area contributed by atoms with E-state index in [1.54, 1.807) is 0 Å². The highest BCUT2D eigenvalue weighted by Gasteiger charge is 2.48. The number of carbonyl (C=O) groups is 1. The van der Waals surface area contributed by atoms with E-state index >= 15 is 0 Å². The molecule has 1 fully saturated rings. The van der Waals surface area contributed by atoms with Gasteiger partial charge in [-0.05, 0) is 56.8 Å². The summed E-state index contributed by atoms with van der Waals surface area (Å²) < 4.78 is 0. The molecule has 5 aliphatic rings. The van der Waals surface area contributed by atoms with Crippen LogP contribution in [0.15, 0.2) is 45.4 Å². The predicted octanol–water partition coefficient (Wildman–Crippen LogP) is 3.27. The second kappa shape index (κ2) is 6.20. The summed E-state index contributed by atoms with van der Waals surface area (Å²) in [5.74, 6) is -0.0167. The molecule has 0 bridgehead atoms. The zero-order valence-electron chi connectivity index (χ0n) is 14.7. The molecule has 0 aromatic carbocycles. The van der Waals surface area contributed by atoms with Crippen LogP contribution in [0.3, 0.4) is 0 Å². The molecule has 5 rings (SSSR count). The molecule has 0 aromatic rings. The Morgan fingerprint density at radius 2 is 2.00 bits per heavy atom. The summed E-state index contributed by atoms with van der Waals surface area (Å²) >= 11 is 0. The zero-order chi connectivity index (χ0) is 16.8. The van der Waals surface area contributed by atoms with Gasteiger partial charge in [0.05, 0.1) is 12.0 Å². The lowest BCUT2D eigenvalue weighted by Gasteiger charge is -2.33. The number of azo groups is 1. The van der Waals surface area contributed by atoms with Crippen LogP contribution in [0.25, 0.3) is 0 Å². The molecule has 5 heteroatoms. The Morgan fingerprint density at radius 1 is 1.12 bits per heavy atom. The number of likely N-dealkylation sites (tertiary alicyclic amines) is 1. The summed E-state index contributed by atoms with van der Waals surface area (Å²) in [5.41, 5.74) is 4.18. The Kier molecular flexibility index (Phi) is 3.85. The van der Waals surface area contributed by atoms with Crippen LogP contribution in [0.5, 0.6) is 0 Å². The maximum absolute atomic E-state index is 12.5. The number of nitrogens with zero attached hydrogens (tertiary/aromatic N) is 4. The van der Waals surface area contributed by atoms with Crippen LogP contribution in [-0.4, -0.2) is 47.9 Å². The van der Waals surface area contributed by atoms with Crippen LogP contribution >= 0.6 is 0 Å². The van der Waals surface area contributed by atoms with Gasteiger partial charge in [0.25, 0.3) is 5.91 Å². The quantitative estimate of drug-likeness (QED) is 0.793. The monoisotopic (exact) mass is 338 g/mol. The molecular formula is C20H26N4O. The summed E-state index contributed by atoms with van der Waals surface area (Å²) in [4.78, 5) is 17.6. The van der Waals surface area contributed by atoms with E-state index in [2.05, 4.69) is 32.2 Å². The van der Waals surface area contributed by atoms with Crippen molar-refractivity contribution in [2.24, 2.45) is 22.1 Å². The number of piperidine rings is 1. The number of carbonyl (C=O) groups excluding carboxylic acids is 1. The van der Waals surface area contributed by atoms with Crippen molar-refractivity contribution in [3.05, 3.63) is 35.2 Å². The molecule has 3 heterocycles. The van der Waals surface area contributed by atoms with E-state index in [0.29, 0.717) is 0 Å². The largest absolute Gasteiger partial charge is 0.347 e. The average molecular weight is 338 g/mol. The Labute approximate surface area is 149 Å². The lowest BCUT2D eigenvalue weighted by molar-refractivity contribution is -0.121. The first-order valence-electron chi connectivity index (χ1n) is 9.89. The standard InChI is InChI=1S/C20H26N4O/c25-20-14-6-4-8-16-18(14)19-15(21-22-20)7-5-9-17(19)24(16)13-12-23-10-2-1-3-11-23/h4,6,8,14-15,18H,1-3,5,7,9-13H2. The van der Waals surface area contributed by atoms with E-state index < -0.39 is 0 Å². The van der Waals surface area contributed by atoms with Gasteiger partial charge in [-0.25, -0.2) is 0 Å². The van der Waals surface area contributed by atoms with Crippen LogP contribution in [0.2, 0.25) is 0 Å². The summed E-state index contributed by atoms with van der Waals surface area (Å²) in [7, 11) is 0. The number of allylic oxidation sites excluding steroid dienone is 4. The second-order valence-corrected chi connectivity index (χ2v) is 7.90. The molecule has 3 unspecified atom stereocenters. The van der Waals surface area contributed by atoms with Crippen LogP contribution in [-0.2, 0) is 4.79 Å². The maximum atomic E-state index is 12.5. The maximum Gasteiger partial charge on any atom is 0.272 e. The van der Waals surface area contributed by atoms with Crippen LogP contribution in [0.4, 0.5) is 0 Å². The molecule has 0 N–H and O–H groups in total. The first-order chi connectivity index (χ1) is 12.3. The van der Waals surface area contributed by atoms with Gasteiger partial charge in [-0.3, -0.25) is 4.79 Å². The van der Waals surface area contributed by atoms with Crippen molar-refractivity contribution >= 4 is 5.91 Å². The SMILES string of the molecule is O=C1N=NC2CCCC3=C2C2C(=CC=CC12)N3CCN1CCCCC1. The zero-order valence-corrected chi connectivity index (χ0v) is 14.7. The van der Waals surface area contributed by atoms with Crippen molar-refractivity contribution in [3.63, 3.8) is 0 Å². The first kappa shape index (κ1) is 15.5. The molecule has 0 saturated carbocycles.